The predicted octanol–water partition coefficient (Wildman–Crippen LogP) is 1.87. The molecule has 22 heavy (non-hydrogen) atoms. The van der Waals surface area contributed by atoms with Gasteiger partial charge < -0.3 is 10.1 Å². The zero-order chi connectivity index (χ0) is 15.7. The summed E-state index contributed by atoms with van der Waals surface area (Å²) >= 11 is 5.84. The highest BCUT2D eigenvalue weighted by atomic mass is 35.5. The van der Waals surface area contributed by atoms with Crippen LogP contribution < -0.4 is 14.8 Å². The summed E-state index contributed by atoms with van der Waals surface area (Å²) < 4.78 is 32.3. The Morgan fingerprint density at radius 2 is 2.14 bits per heavy atom. The quantitative estimate of drug-likeness (QED) is 0.832. The Labute approximate surface area is 131 Å². The van der Waals surface area contributed by atoms with E-state index in [0.29, 0.717) is 11.4 Å². The van der Waals surface area contributed by atoms with E-state index in [0.717, 1.165) is 0 Å². The van der Waals surface area contributed by atoms with Crippen molar-refractivity contribution in [2.45, 2.75) is 4.90 Å². The monoisotopic (exact) mass is 339 g/mol. The molecule has 1 aliphatic heterocycles. The van der Waals surface area contributed by atoms with Gasteiger partial charge in [0, 0.05) is 6.20 Å². The summed E-state index contributed by atoms with van der Waals surface area (Å²) in [6, 6.07) is 7.23. The van der Waals surface area contributed by atoms with E-state index < -0.39 is 10.0 Å². The minimum atomic E-state index is -3.87. The fourth-order valence-corrected chi connectivity index (χ4v) is 3.21. The summed E-state index contributed by atoms with van der Waals surface area (Å²) in [7, 11) is -3.87. The number of aromatic nitrogens is 1. The fraction of sp³-hybridized carbons (Fsp3) is 0.0769. The van der Waals surface area contributed by atoms with Gasteiger partial charge in [0.05, 0.1) is 16.3 Å². The third-order valence-corrected chi connectivity index (χ3v) is 4.56. The molecule has 114 valence electrons. The predicted molar refractivity (Wildman–Crippen MR) is 80.6 cm³/mol. The van der Waals surface area contributed by atoms with E-state index in [9.17, 15) is 13.2 Å². The summed E-state index contributed by atoms with van der Waals surface area (Å²) in [5.74, 6) is 0.0725. The standard InChI is InChI=1S/C13H10ClN3O4S/c14-13-9(2-1-5-15-13)17-22(19,20)8-3-4-11-10(6-8)16-12(18)7-21-11/h1-6,17H,7H2,(H,16,18). The molecule has 0 aliphatic carbocycles. The molecule has 0 spiro atoms. The van der Waals surface area contributed by atoms with Crippen LogP contribution in [0.25, 0.3) is 0 Å². The molecular formula is C13H10ClN3O4S. The van der Waals surface area contributed by atoms with Crippen LogP contribution in [0.15, 0.2) is 41.4 Å². The number of hydrogen-bond acceptors (Lipinski definition) is 5. The molecule has 0 bridgehead atoms. The molecule has 1 aromatic carbocycles. The average Bonchev–Trinajstić information content (AvgIpc) is 2.48. The van der Waals surface area contributed by atoms with Crippen LogP contribution in [0.1, 0.15) is 0 Å². The van der Waals surface area contributed by atoms with E-state index in [1.165, 1.54) is 30.5 Å². The molecule has 2 N–H and O–H groups in total. The van der Waals surface area contributed by atoms with E-state index >= 15 is 0 Å². The van der Waals surface area contributed by atoms with Crippen molar-refractivity contribution in [1.29, 1.82) is 0 Å². The molecule has 1 amide bonds. The Kier molecular flexibility index (Phi) is 3.63. The maximum atomic E-state index is 12.4. The number of carbonyl (C=O) groups excluding carboxylic acids is 1. The first-order chi connectivity index (χ1) is 10.5. The third kappa shape index (κ3) is 2.83. The Hall–Kier alpha value is -2.32. The van der Waals surface area contributed by atoms with Crippen LogP contribution in [0.5, 0.6) is 5.75 Å². The van der Waals surface area contributed by atoms with Gasteiger partial charge in [-0.15, -0.1) is 0 Å². The molecule has 0 fully saturated rings. The van der Waals surface area contributed by atoms with Gasteiger partial charge in [-0.25, -0.2) is 13.4 Å². The number of nitrogens with one attached hydrogen (secondary N) is 2. The summed E-state index contributed by atoms with van der Waals surface area (Å²) in [4.78, 5) is 15.1. The summed E-state index contributed by atoms with van der Waals surface area (Å²) in [6.45, 7) is -0.0946. The van der Waals surface area contributed by atoms with Crippen molar-refractivity contribution >= 4 is 38.9 Å². The number of sulfonamides is 1. The smallest absolute Gasteiger partial charge is 0.262 e. The number of rotatable bonds is 3. The van der Waals surface area contributed by atoms with Gasteiger partial charge in [-0.3, -0.25) is 9.52 Å². The van der Waals surface area contributed by atoms with Crippen molar-refractivity contribution in [2.24, 2.45) is 0 Å². The Balaban J connectivity index is 1.94. The lowest BCUT2D eigenvalue weighted by atomic mass is 10.2. The third-order valence-electron chi connectivity index (χ3n) is 2.90. The van der Waals surface area contributed by atoms with Crippen LogP contribution in [0.3, 0.4) is 0 Å². The van der Waals surface area contributed by atoms with Crippen molar-refractivity contribution in [3.63, 3.8) is 0 Å². The van der Waals surface area contributed by atoms with E-state index in [1.54, 1.807) is 6.07 Å². The van der Waals surface area contributed by atoms with E-state index in [2.05, 4.69) is 15.0 Å². The van der Waals surface area contributed by atoms with Crippen molar-refractivity contribution in [1.82, 2.24) is 4.98 Å². The highest BCUT2D eigenvalue weighted by molar-refractivity contribution is 7.92. The van der Waals surface area contributed by atoms with Crippen LogP contribution in [-0.2, 0) is 14.8 Å². The molecule has 0 radical (unpaired) electrons. The molecule has 0 saturated heterocycles. The van der Waals surface area contributed by atoms with E-state index in [-0.39, 0.29) is 28.3 Å². The lowest BCUT2D eigenvalue weighted by molar-refractivity contribution is -0.118. The number of halogens is 1. The number of fused-ring (bicyclic) bond motifs is 1. The average molecular weight is 340 g/mol. The molecule has 9 heteroatoms. The van der Waals surface area contributed by atoms with Crippen LogP contribution in [0.2, 0.25) is 5.15 Å². The number of amides is 1. The molecule has 2 aromatic rings. The molecule has 2 heterocycles. The summed E-state index contributed by atoms with van der Waals surface area (Å²) in [5, 5.41) is 2.60. The zero-order valence-corrected chi connectivity index (χ0v) is 12.6. The maximum absolute atomic E-state index is 12.4. The van der Waals surface area contributed by atoms with Gasteiger partial charge in [-0.1, -0.05) is 11.6 Å². The number of anilines is 2. The minimum absolute atomic E-state index is 0.0306. The number of carbonyl (C=O) groups is 1. The highest BCUT2D eigenvalue weighted by Crippen LogP contribution is 2.31. The summed E-state index contributed by atoms with van der Waals surface area (Å²) in [5.41, 5.74) is 0.471. The van der Waals surface area contributed by atoms with Gasteiger partial charge in [0.2, 0.25) is 0 Å². The highest BCUT2D eigenvalue weighted by Gasteiger charge is 2.21. The first kappa shape index (κ1) is 14.6. The second-order valence-corrected chi connectivity index (χ2v) is 6.48. The number of benzene rings is 1. The van der Waals surface area contributed by atoms with E-state index in [1.807, 2.05) is 0 Å². The number of nitrogens with zero attached hydrogens (tertiary/aromatic N) is 1. The van der Waals surface area contributed by atoms with Crippen molar-refractivity contribution in [3.05, 3.63) is 41.7 Å². The molecule has 0 unspecified atom stereocenters. The second-order valence-electron chi connectivity index (χ2n) is 4.44. The van der Waals surface area contributed by atoms with Crippen molar-refractivity contribution in [3.8, 4) is 5.75 Å². The van der Waals surface area contributed by atoms with Gasteiger partial charge in [-0.05, 0) is 30.3 Å². The molecule has 1 aromatic heterocycles. The van der Waals surface area contributed by atoms with Gasteiger partial charge in [0.1, 0.15) is 5.75 Å². The van der Waals surface area contributed by atoms with Gasteiger partial charge in [-0.2, -0.15) is 0 Å². The van der Waals surface area contributed by atoms with Crippen LogP contribution in [0, 0.1) is 0 Å². The first-order valence-electron chi connectivity index (χ1n) is 6.16. The number of ether oxygens (including phenoxy) is 1. The molecule has 0 atom stereocenters. The van der Waals surface area contributed by atoms with Gasteiger partial charge in [0.25, 0.3) is 15.9 Å². The number of hydrogen-bond donors (Lipinski definition) is 2. The van der Waals surface area contributed by atoms with E-state index in [4.69, 9.17) is 16.3 Å². The topological polar surface area (TPSA) is 97.4 Å². The molecule has 3 rings (SSSR count). The fourth-order valence-electron chi connectivity index (χ4n) is 1.90. The molecule has 7 nitrogen and oxygen atoms in total. The summed E-state index contributed by atoms with van der Waals surface area (Å²) in [6.07, 6.45) is 1.45. The Bertz CT molecular complexity index is 854. The van der Waals surface area contributed by atoms with Crippen LogP contribution in [0.4, 0.5) is 11.4 Å². The van der Waals surface area contributed by atoms with Gasteiger partial charge >= 0.3 is 0 Å². The minimum Gasteiger partial charge on any atom is -0.482 e. The van der Waals surface area contributed by atoms with Crippen LogP contribution in [-0.4, -0.2) is 25.9 Å². The van der Waals surface area contributed by atoms with Crippen molar-refractivity contribution < 1.29 is 17.9 Å². The SMILES string of the molecule is O=C1COc2ccc(S(=O)(=O)Nc3cccnc3Cl)cc2N1. The normalized spacial score (nSPS) is 13.8. The first-order valence-corrected chi connectivity index (χ1v) is 8.02. The second kappa shape index (κ2) is 5.47. The maximum Gasteiger partial charge on any atom is 0.262 e. The zero-order valence-electron chi connectivity index (χ0n) is 11.0. The molecule has 0 saturated carbocycles. The largest absolute Gasteiger partial charge is 0.482 e. The lowest BCUT2D eigenvalue weighted by Gasteiger charge is -2.18. The number of pyridine rings is 1. The Morgan fingerprint density at radius 3 is 2.91 bits per heavy atom. The molecule has 1 aliphatic rings. The van der Waals surface area contributed by atoms with Crippen molar-refractivity contribution in [2.75, 3.05) is 16.6 Å². The molecular weight excluding hydrogens is 330 g/mol. The lowest BCUT2D eigenvalue weighted by Crippen LogP contribution is -2.25. The van der Waals surface area contributed by atoms with Gasteiger partial charge in [0.15, 0.2) is 11.8 Å². The van der Waals surface area contributed by atoms with Crippen LogP contribution >= 0.6 is 11.6 Å². The Morgan fingerprint density at radius 1 is 1.32 bits per heavy atom.